The van der Waals surface area contributed by atoms with Gasteiger partial charge in [0.15, 0.2) is 0 Å². The van der Waals surface area contributed by atoms with E-state index in [1.165, 1.54) is 0 Å². The molecule has 116 valence electrons. The minimum atomic E-state index is -0.362. The van der Waals surface area contributed by atoms with E-state index in [-0.39, 0.29) is 5.97 Å². The molecule has 2 aromatic carbocycles. The van der Waals surface area contributed by atoms with Gasteiger partial charge in [-0.05, 0) is 54.1 Å². The molecule has 0 radical (unpaired) electrons. The Morgan fingerprint density at radius 2 is 1.70 bits per heavy atom. The van der Waals surface area contributed by atoms with E-state index in [4.69, 9.17) is 14.2 Å². The number of carbonyl (C=O) groups excluding carboxylic acids is 1. The Morgan fingerprint density at radius 3 is 2.39 bits per heavy atom. The van der Waals surface area contributed by atoms with Crippen LogP contribution in [0, 0.1) is 0 Å². The summed E-state index contributed by atoms with van der Waals surface area (Å²) >= 11 is 0. The summed E-state index contributed by atoms with van der Waals surface area (Å²) in [6, 6.07) is 14.9. The maximum atomic E-state index is 12.0. The Balaban J connectivity index is 1.89. The third kappa shape index (κ3) is 3.26. The van der Waals surface area contributed by atoms with Crippen LogP contribution in [0.1, 0.15) is 11.1 Å². The molecule has 0 fully saturated rings. The van der Waals surface area contributed by atoms with Crippen LogP contribution in [-0.2, 0) is 9.53 Å². The van der Waals surface area contributed by atoms with Crippen molar-refractivity contribution in [2.75, 3.05) is 14.2 Å². The quantitative estimate of drug-likeness (QED) is 0.638. The van der Waals surface area contributed by atoms with Crippen molar-refractivity contribution in [2.24, 2.45) is 0 Å². The van der Waals surface area contributed by atoms with Gasteiger partial charge in [-0.15, -0.1) is 0 Å². The van der Waals surface area contributed by atoms with Gasteiger partial charge in [0, 0.05) is 5.56 Å². The van der Waals surface area contributed by atoms with E-state index in [2.05, 4.69) is 0 Å². The molecule has 1 aliphatic rings. The van der Waals surface area contributed by atoms with E-state index in [1.54, 1.807) is 26.4 Å². The van der Waals surface area contributed by atoms with Crippen molar-refractivity contribution in [1.29, 1.82) is 0 Å². The van der Waals surface area contributed by atoms with Crippen LogP contribution >= 0.6 is 0 Å². The van der Waals surface area contributed by atoms with E-state index in [0.29, 0.717) is 11.3 Å². The van der Waals surface area contributed by atoms with Crippen molar-refractivity contribution >= 4 is 17.8 Å². The summed E-state index contributed by atoms with van der Waals surface area (Å²) in [5.41, 5.74) is 2.21. The Kier molecular flexibility index (Phi) is 4.15. The van der Waals surface area contributed by atoms with Crippen molar-refractivity contribution in [1.82, 2.24) is 0 Å². The zero-order valence-electron chi connectivity index (χ0n) is 12.9. The molecule has 0 saturated heterocycles. The van der Waals surface area contributed by atoms with Crippen molar-refractivity contribution in [3.63, 3.8) is 0 Å². The van der Waals surface area contributed by atoms with Crippen LogP contribution in [-0.4, -0.2) is 20.2 Å². The average molecular weight is 308 g/mol. The van der Waals surface area contributed by atoms with E-state index in [9.17, 15) is 4.79 Å². The molecule has 0 aromatic heterocycles. The van der Waals surface area contributed by atoms with Gasteiger partial charge in [-0.25, -0.2) is 4.79 Å². The number of cyclic esters (lactones) is 1. The summed E-state index contributed by atoms with van der Waals surface area (Å²) in [4.78, 5) is 12.0. The molecule has 4 heteroatoms. The number of esters is 1. The zero-order valence-corrected chi connectivity index (χ0v) is 12.9. The molecule has 0 aliphatic carbocycles. The van der Waals surface area contributed by atoms with Crippen LogP contribution in [0.5, 0.6) is 11.5 Å². The highest BCUT2D eigenvalue weighted by Crippen LogP contribution is 2.28. The smallest absolute Gasteiger partial charge is 0.343 e. The van der Waals surface area contributed by atoms with Gasteiger partial charge >= 0.3 is 5.97 Å². The molecular formula is C19H16O4. The number of ether oxygens (including phenoxy) is 3. The molecule has 0 saturated carbocycles. The highest BCUT2D eigenvalue weighted by atomic mass is 16.5. The SMILES string of the molecule is COc1ccc(C2=C/C(=C/c3cccc(OC)c3)C(=O)O2)cc1. The lowest BCUT2D eigenvalue weighted by atomic mass is 10.1. The first-order chi connectivity index (χ1) is 11.2. The third-order valence-electron chi connectivity index (χ3n) is 3.52. The molecule has 23 heavy (non-hydrogen) atoms. The normalized spacial score (nSPS) is 15.3. The number of methoxy groups -OCH3 is 2. The van der Waals surface area contributed by atoms with Gasteiger partial charge in [0.25, 0.3) is 0 Å². The fraction of sp³-hybridized carbons (Fsp3) is 0.105. The Morgan fingerprint density at radius 1 is 0.957 bits per heavy atom. The molecule has 1 aliphatic heterocycles. The lowest BCUT2D eigenvalue weighted by Crippen LogP contribution is -1.97. The van der Waals surface area contributed by atoms with Gasteiger partial charge in [0.1, 0.15) is 17.3 Å². The van der Waals surface area contributed by atoms with E-state index < -0.39 is 0 Å². The second kappa shape index (κ2) is 6.40. The minimum Gasteiger partial charge on any atom is -0.497 e. The van der Waals surface area contributed by atoms with Gasteiger partial charge in [-0.2, -0.15) is 0 Å². The zero-order chi connectivity index (χ0) is 16.2. The number of benzene rings is 2. The average Bonchev–Trinajstić information content (AvgIpc) is 2.96. The van der Waals surface area contributed by atoms with Crippen LogP contribution in [0.2, 0.25) is 0 Å². The summed E-state index contributed by atoms with van der Waals surface area (Å²) in [7, 11) is 3.22. The molecule has 0 bridgehead atoms. The van der Waals surface area contributed by atoms with Crippen LogP contribution in [0.25, 0.3) is 11.8 Å². The van der Waals surface area contributed by atoms with E-state index >= 15 is 0 Å². The van der Waals surface area contributed by atoms with Crippen LogP contribution < -0.4 is 9.47 Å². The largest absolute Gasteiger partial charge is 0.497 e. The van der Waals surface area contributed by atoms with E-state index in [0.717, 1.165) is 22.6 Å². The first-order valence-electron chi connectivity index (χ1n) is 7.13. The highest BCUT2D eigenvalue weighted by Gasteiger charge is 2.21. The molecule has 0 atom stereocenters. The van der Waals surface area contributed by atoms with Crippen LogP contribution in [0.3, 0.4) is 0 Å². The Hall–Kier alpha value is -3.01. The predicted molar refractivity (Wildman–Crippen MR) is 88.0 cm³/mol. The van der Waals surface area contributed by atoms with Gasteiger partial charge in [-0.3, -0.25) is 0 Å². The Labute approximate surface area is 134 Å². The maximum absolute atomic E-state index is 12.0. The molecule has 0 N–H and O–H groups in total. The van der Waals surface area contributed by atoms with Crippen molar-refractivity contribution in [3.8, 4) is 11.5 Å². The van der Waals surface area contributed by atoms with Gasteiger partial charge in [-0.1, -0.05) is 12.1 Å². The molecule has 0 unspecified atom stereocenters. The second-order valence-electron chi connectivity index (χ2n) is 5.00. The van der Waals surface area contributed by atoms with Crippen molar-refractivity contribution in [2.45, 2.75) is 0 Å². The molecular weight excluding hydrogens is 292 g/mol. The molecule has 4 nitrogen and oxygen atoms in total. The van der Waals surface area contributed by atoms with Crippen LogP contribution in [0.4, 0.5) is 0 Å². The second-order valence-corrected chi connectivity index (χ2v) is 5.00. The summed E-state index contributed by atoms with van der Waals surface area (Å²) in [6.07, 6.45) is 3.52. The lowest BCUT2D eigenvalue weighted by Gasteiger charge is -2.03. The van der Waals surface area contributed by atoms with Gasteiger partial charge in [0.05, 0.1) is 19.8 Å². The summed E-state index contributed by atoms with van der Waals surface area (Å²) in [5.74, 6) is 1.67. The number of hydrogen-bond donors (Lipinski definition) is 0. The third-order valence-corrected chi connectivity index (χ3v) is 3.52. The van der Waals surface area contributed by atoms with Gasteiger partial charge in [0.2, 0.25) is 0 Å². The fourth-order valence-electron chi connectivity index (χ4n) is 2.30. The summed E-state index contributed by atoms with van der Waals surface area (Å²) < 4.78 is 15.7. The first kappa shape index (κ1) is 14.9. The monoisotopic (exact) mass is 308 g/mol. The molecule has 3 rings (SSSR count). The van der Waals surface area contributed by atoms with Crippen molar-refractivity contribution in [3.05, 3.63) is 71.3 Å². The lowest BCUT2D eigenvalue weighted by molar-refractivity contribution is -0.130. The fourth-order valence-corrected chi connectivity index (χ4v) is 2.30. The number of rotatable bonds is 4. The molecule has 2 aromatic rings. The van der Waals surface area contributed by atoms with Crippen LogP contribution in [0.15, 0.2) is 60.2 Å². The topological polar surface area (TPSA) is 44.8 Å². The minimum absolute atomic E-state index is 0.362. The molecule has 1 heterocycles. The highest BCUT2D eigenvalue weighted by molar-refractivity contribution is 6.05. The van der Waals surface area contributed by atoms with Crippen molar-refractivity contribution < 1.29 is 19.0 Å². The Bertz CT molecular complexity index is 785. The molecule has 0 amide bonds. The number of carbonyl (C=O) groups is 1. The number of hydrogen-bond acceptors (Lipinski definition) is 4. The summed E-state index contributed by atoms with van der Waals surface area (Å²) in [6.45, 7) is 0. The van der Waals surface area contributed by atoms with Gasteiger partial charge < -0.3 is 14.2 Å². The molecule has 0 spiro atoms. The predicted octanol–water partition coefficient (Wildman–Crippen LogP) is 3.69. The summed E-state index contributed by atoms with van der Waals surface area (Å²) in [5, 5.41) is 0. The maximum Gasteiger partial charge on any atom is 0.343 e. The van der Waals surface area contributed by atoms with E-state index in [1.807, 2.05) is 48.5 Å². The standard InChI is InChI=1S/C19H16O4/c1-21-16-8-6-14(7-9-16)18-12-15(19(20)23-18)10-13-4-3-5-17(11-13)22-2/h3-12H,1-2H3/b15-10-. The first-order valence-corrected chi connectivity index (χ1v) is 7.13.